The number of ether oxygens (including phenoxy) is 2. The quantitative estimate of drug-likeness (QED) is 0.745. The van der Waals surface area contributed by atoms with Crippen LogP contribution in [0.1, 0.15) is 36.4 Å². The Balaban J connectivity index is 1.70. The van der Waals surface area contributed by atoms with Crippen LogP contribution in [-0.2, 0) is 13.0 Å². The molecule has 2 atom stereocenters. The second-order valence-electron chi connectivity index (χ2n) is 7.31. The lowest BCUT2D eigenvalue weighted by molar-refractivity contribution is 0.140. The summed E-state index contributed by atoms with van der Waals surface area (Å²) < 4.78 is 11.6. The van der Waals surface area contributed by atoms with E-state index in [2.05, 4.69) is 27.2 Å². The third-order valence-corrected chi connectivity index (χ3v) is 5.13. The summed E-state index contributed by atoms with van der Waals surface area (Å²) in [7, 11) is 0. The first-order chi connectivity index (χ1) is 13.0. The maximum absolute atomic E-state index is 10.5. The van der Waals surface area contributed by atoms with Crippen molar-refractivity contribution in [3.8, 4) is 11.5 Å². The highest BCUT2D eigenvalue weighted by atomic mass is 16.5. The van der Waals surface area contributed by atoms with Crippen LogP contribution < -0.4 is 9.47 Å². The number of aliphatic hydroxyl groups is 1. The predicted molar refractivity (Wildman–Crippen MR) is 105 cm³/mol. The van der Waals surface area contributed by atoms with Crippen LogP contribution in [0.4, 0.5) is 0 Å². The minimum atomic E-state index is -0.332. The van der Waals surface area contributed by atoms with Gasteiger partial charge in [-0.15, -0.1) is 0 Å². The molecule has 1 saturated heterocycles. The second kappa shape index (κ2) is 8.76. The van der Waals surface area contributed by atoms with Gasteiger partial charge in [0.05, 0.1) is 25.0 Å². The number of aromatic nitrogens is 2. The SMILES string of the molecule is CCOc1ccc(CN2C[C@@H](Cc3cc(C)[nH]n3)[C@H](O)C2)c(OCC)c1C. The second-order valence-corrected chi connectivity index (χ2v) is 7.31. The summed E-state index contributed by atoms with van der Waals surface area (Å²) in [6, 6.07) is 6.16. The number of H-pyrrole nitrogens is 1. The van der Waals surface area contributed by atoms with E-state index >= 15 is 0 Å². The number of nitrogens with one attached hydrogen (secondary N) is 1. The van der Waals surface area contributed by atoms with E-state index in [1.807, 2.05) is 33.8 Å². The topological polar surface area (TPSA) is 70.6 Å². The molecule has 148 valence electrons. The van der Waals surface area contributed by atoms with E-state index in [1.165, 1.54) is 0 Å². The number of nitrogens with zero attached hydrogens (tertiary/aromatic N) is 2. The van der Waals surface area contributed by atoms with Crippen molar-refractivity contribution < 1.29 is 14.6 Å². The Morgan fingerprint density at radius 2 is 1.96 bits per heavy atom. The molecule has 0 spiro atoms. The van der Waals surface area contributed by atoms with E-state index in [0.29, 0.717) is 19.8 Å². The van der Waals surface area contributed by atoms with Gasteiger partial charge in [-0.05, 0) is 46.2 Å². The number of aromatic amines is 1. The standard InChI is InChI=1S/C21H31N3O3/c1-5-26-20-8-7-16(21(15(20)4)27-6-2)11-24-12-17(19(25)13-24)10-18-9-14(3)22-23-18/h7-9,17,19,25H,5-6,10-13H2,1-4H3,(H,22,23)/t17-,19-/m1/s1. The molecule has 6 nitrogen and oxygen atoms in total. The van der Waals surface area contributed by atoms with Gasteiger partial charge in [-0.2, -0.15) is 5.10 Å². The number of aryl methyl sites for hydroxylation is 1. The Morgan fingerprint density at radius 1 is 1.19 bits per heavy atom. The van der Waals surface area contributed by atoms with Crippen molar-refractivity contribution in [1.82, 2.24) is 15.1 Å². The molecule has 0 bridgehead atoms. The zero-order valence-electron chi connectivity index (χ0n) is 16.8. The molecular formula is C21H31N3O3. The van der Waals surface area contributed by atoms with Crippen LogP contribution in [0.2, 0.25) is 0 Å². The number of likely N-dealkylation sites (tertiary alicyclic amines) is 1. The van der Waals surface area contributed by atoms with E-state index < -0.39 is 0 Å². The van der Waals surface area contributed by atoms with Crippen LogP contribution in [-0.4, -0.2) is 52.6 Å². The molecule has 0 saturated carbocycles. The first-order valence-electron chi connectivity index (χ1n) is 9.81. The van der Waals surface area contributed by atoms with Gasteiger partial charge in [0.15, 0.2) is 0 Å². The molecule has 2 N–H and O–H groups in total. The molecule has 6 heteroatoms. The van der Waals surface area contributed by atoms with E-state index in [9.17, 15) is 5.11 Å². The van der Waals surface area contributed by atoms with Gasteiger partial charge in [-0.25, -0.2) is 0 Å². The van der Waals surface area contributed by atoms with E-state index in [1.54, 1.807) is 0 Å². The van der Waals surface area contributed by atoms with Gasteiger partial charge in [0.25, 0.3) is 0 Å². The summed E-state index contributed by atoms with van der Waals surface area (Å²) in [5, 5.41) is 17.8. The number of hydrogen-bond acceptors (Lipinski definition) is 5. The smallest absolute Gasteiger partial charge is 0.130 e. The lowest BCUT2D eigenvalue weighted by Crippen LogP contribution is -2.22. The molecular weight excluding hydrogens is 342 g/mol. The molecule has 1 aliphatic rings. The fourth-order valence-corrected chi connectivity index (χ4v) is 3.87. The highest BCUT2D eigenvalue weighted by Crippen LogP contribution is 2.34. The summed E-state index contributed by atoms with van der Waals surface area (Å²) in [6.07, 6.45) is 0.462. The Kier molecular flexibility index (Phi) is 6.39. The summed E-state index contributed by atoms with van der Waals surface area (Å²) in [5.74, 6) is 1.98. The summed E-state index contributed by atoms with van der Waals surface area (Å²) >= 11 is 0. The molecule has 2 aromatic rings. The van der Waals surface area contributed by atoms with Gasteiger partial charge in [0.1, 0.15) is 11.5 Å². The Hall–Kier alpha value is -2.05. The molecule has 3 rings (SSSR count). The fraction of sp³-hybridized carbons (Fsp3) is 0.571. The molecule has 0 aliphatic carbocycles. The number of rotatable bonds is 8. The summed E-state index contributed by atoms with van der Waals surface area (Å²) in [4.78, 5) is 2.30. The van der Waals surface area contributed by atoms with Crippen molar-refractivity contribution in [2.45, 2.75) is 46.8 Å². The summed E-state index contributed by atoms with van der Waals surface area (Å²) in [5.41, 5.74) is 4.26. The highest BCUT2D eigenvalue weighted by molar-refractivity contribution is 5.49. The van der Waals surface area contributed by atoms with Gasteiger partial charge in [0, 0.05) is 42.4 Å². The van der Waals surface area contributed by atoms with Crippen LogP contribution in [0.25, 0.3) is 0 Å². The lowest BCUT2D eigenvalue weighted by atomic mass is 10.00. The third kappa shape index (κ3) is 4.62. The third-order valence-electron chi connectivity index (χ3n) is 5.13. The summed E-state index contributed by atoms with van der Waals surface area (Å²) in [6.45, 7) is 11.6. The van der Waals surface area contributed by atoms with Crippen LogP contribution >= 0.6 is 0 Å². The van der Waals surface area contributed by atoms with Crippen LogP contribution in [0.15, 0.2) is 18.2 Å². The molecule has 0 radical (unpaired) electrons. The molecule has 1 aromatic carbocycles. The van der Waals surface area contributed by atoms with Crippen molar-refractivity contribution in [3.05, 3.63) is 40.7 Å². The number of aliphatic hydroxyl groups excluding tert-OH is 1. The Bertz CT molecular complexity index is 759. The van der Waals surface area contributed by atoms with Crippen molar-refractivity contribution >= 4 is 0 Å². The van der Waals surface area contributed by atoms with E-state index in [4.69, 9.17) is 9.47 Å². The van der Waals surface area contributed by atoms with Crippen molar-refractivity contribution in [2.75, 3.05) is 26.3 Å². The van der Waals surface area contributed by atoms with Crippen molar-refractivity contribution in [1.29, 1.82) is 0 Å². The molecule has 2 heterocycles. The minimum Gasteiger partial charge on any atom is -0.493 e. The zero-order chi connectivity index (χ0) is 19.4. The first kappa shape index (κ1) is 19.7. The molecule has 1 fully saturated rings. The van der Waals surface area contributed by atoms with Crippen LogP contribution in [0, 0.1) is 19.8 Å². The predicted octanol–water partition coefficient (Wildman–Crippen LogP) is 2.86. The average molecular weight is 373 g/mol. The minimum absolute atomic E-state index is 0.201. The Morgan fingerprint density at radius 3 is 2.63 bits per heavy atom. The van der Waals surface area contributed by atoms with Gasteiger partial charge < -0.3 is 14.6 Å². The molecule has 0 unspecified atom stereocenters. The highest BCUT2D eigenvalue weighted by Gasteiger charge is 2.32. The van der Waals surface area contributed by atoms with Gasteiger partial charge in [0.2, 0.25) is 0 Å². The molecule has 1 aliphatic heterocycles. The first-order valence-corrected chi connectivity index (χ1v) is 9.81. The van der Waals surface area contributed by atoms with Gasteiger partial charge in [-0.3, -0.25) is 10.00 Å². The number of benzene rings is 1. The zero-order valence-corrected chi connectivity index (χ0v) is 16.8. The maximum atomic E-state index is 10.5. The lowest BCUT2D eigenvalue weighted by Gasteiger charge is -2.21. The monoisotopic (exact) mass is 373 g/mol. The van der Waals surface area contributed by atoms with Gasteiger partial charge in [-0.1, -0.05) is 6.07 Å². The van der Waals surface area contributed by atoms with Crippen molar-refractivity contribution in [2.24, 2.45) is 5.92 Å². The fourth-order valence-electron chi connectivity index (χ4n) is 3.87. The normalized spacial score (nSPS) is 20.2. The largest absolute Gasteiger partial charge is 0.493 e. The van der Waals surface area contributed by atoms with Crippen LogP contribution in [0.3, 0.4) is 0 Å². The molecule has 1 aromatic heterocycles. The van der Waals surface area contributed by atoms with Crippen molar-refractivity contribution in [3.63, 3.8) is 0 Å². The van der Waals surface area contributed by atoms with E-state index in [0.717, 1.165) is 53.5 Å². The average Bonchev–Trinajstić information content (AvgIpc) is 3.19. The van der Waals surface area contributed by atoms with Gasteiger partial charge >= 0.3 is 0 Å². The maximum Gasteiger partial charge on any atom is 0.130 e. The number of β-amino-alcohol motifs (C(OH)–C–C–N with tert-alkyl or cyclic N) is 1. The molecule has 0 amide bonds. The van der Waals surface area contributed by atoms with E-state index in [-0.39, 0.29) is 12.0 Å². The number of hydrogen-bond donors (Lipinski definition) is 2. The Labute approximate surface area is 161 Å². The molecule has 27 heavy (non-hydrogen) atoms. The van der Waals surface area contributed by atoms with Crippen LogP contribution in [0.5, 0.6) is 11.5 Å².